The summed E-state index contributed by atoms with van der Waals surface area (Å²) >= 11 is 0. The van der Waals surface area contributed by atoms with E-state index < -0.39 is 0 Å². The molecule has 0 aromatic rings. The number of nitrogens with one attached hydrogen (secondary N) is 1. The molecule has 0 spiro atoms. The third-order valence-corrected chi connectivity index (χ3v) is 4.22. The van der Waals surface area contributed by atoms with Crippen LogP contribution in [0.4, 0.5) is 0 Å². The number of hydrogen-bond donors (Lipinski definition) is 1. The molecule has 0 aliphatic carbocycles. The standard InChI is InChI=1S/C14H26N2O2/c1-4-7-15-12-10-18-9-11(12)13(17)16-8-5-6-14(16,2)3/h11-12,15H,4-10H2,1-3H3. The van der Waals surface area contributed by atoms with Gasteiger partial charge >= 0.3 is 0 Å². The maximum Gasteiger partial charge on any atom is 0.230 e. The normalized spacial score (nSPS) is 30.9. The largest absolute Gasteiger partial charge is 0.379 e. The van der Waals surface area contributed by atoms with Crippen LogP contribution in [0.15, 0.2) is 0 Å². The highest BCUT2D eigenvalue weighted by Crippen LogP contribution is 2.31. The van der Waals surface area contributed by atoms with Crippen LogP contribution >= 0.6 is 0 Å². The molecule has 2 heterocycles. The molecule has 0 bridgehead atoms. The summed E-state index contributed by atoms with van der Waals surface area (Å²) in [5, 5.41) is 3.44. The number of ether oxygens (including phenoxy) is 1. The lowest BCUT2D eigenvalue weighted by Gasteiger charge is -2.34. The second-order valence-electron chi connectivity index (χ2n) is 6.11. The second-order valence-corrected chi connectivity index (χ2v) is 6.11. The van der Waals surface area contributed by atoms with Crippen molar-refractivity contribution in [2.45, 2.75) is 51.6 Å². The van der Waals surface area contributed by atoms with Gasteiger partial charge in [-0.3, -0.25) is 4.79 Å². The van der Waals surface area contributed by atoms with Crippen molar-refractivity contribution in [3.05, 3.63) is 0 Å². The number of amides is 1. The molecule has 2 unspecified atom stereocenters. The van der Waals surface area contributed by atoms with Gasteiger partial charge in [0.2, 0.25) is 5.91 Å². The second kappa shape index (κ2) is 5.57. The Balaban J connectivity index is 1.99. The third-order valence-electron chi connectivity index (χ3n) is 4.22. The fourth-order valence-electron chi connectivity index (χ4n) is 3.04. The van der Waals surface area contributed by atoms with Gasteiger partial charge in [-0.1, -0.05) is 6.92 Å². The van der Waals surface area contributed by atoms with Gasteiger partial charge in [-0.05, 0) is 39.7 Å². The van der Waals surface area contributed by atoms with E-state index in [-0.39, 0.29) is 23.4 Å². The molecule has 2 fully saturated rings. The molecule has 1 N–H and O–H groups in total. The molecular weight excluding hydrogens is 228 g/mol. The first-order valence-corrected chi connectivity index (χ1v) is 7.19. The van der Waals surface area contributed by atoms with E-state index >= 15 is 0 Å². The van der Waals surface area contributed by atoms with E-state index in [1.54, 1.807) is 0 Å². The summed E-state index contributed by atoms with van der Waals surface area (Å²) in [4.78, 5) is 14.7. The van der Waals surface area contributed by atoms with Crippen molar-refractivity contribution >= 4 is 5.91 Å². The van der Waals surface area contributed by atoms with Crippen molar-refractivity contribution in [3.63, 3.8) is 0 Å². The van der Waals surface area contributed by atoms with Crippen molar-refractivity contribution in [2.75, 3.05) is 26.3 Å². The summed E-state index contributed by atoms with van der Waals surface area (Å²) in [6.07, 6.45) is 3.32. The summed E-state index contributed by atoms with van der Waals surface area (Å²) in [7, 11) is 0. The topological polar surface area (TPSA) is 41.6 Å². The maximum absolute atomic E-state index is 12.6. The summed E-state index contributed by atoms with van der Waals surface area (Å²) in [6.45, 7) is 9.59. The lowest BCUT2D eigenvalue weighted by molar-refractivity contribution is -0.139. The Morgan fingerprint density at radius 3 is 2.83 bits per heavy atom. The predicted molar refractivity (Wildman–Crippen MR) is 71.4 cm³/mol. The van der Waals surface area contributed by atoms with Gasteiger partial charge < -0.3 is 15.0 Å². The average Bonchev–Trinajstić information content (AvgIpc) is 2.91. The number of rotatable bonds is 4. The molecule has 4 nitrogen and oxygen atoms in total. The third kappa shape index (κ3) is 2.69. The quantitative estimate of drug-likeness (QED) is 0.824. The zero-order valence-electron chi connectivity index (χ0n) is 11.9. The monoisotopic (exact) mass is 254 g/mol. The highest BCUT2D eigenvalue weighted by Gasteiger charge is 2.42. The van der Waals surface area contributed by atoms with Gasteiger partial charge in [0.15, 0.2) is 0 Å². The summed E-state index contributed by atoms with van der Waals surface area (Å²) in [5.74, 6) is 0.289. The molecule has 0 aromatic carbocycles. The molecular formula is C14H26N2O2. The fraction of sp³-hybridized carbons (Fsp3) is 0.929. The summed E-state index contributed by atoms with van der Waals surface area (Å²) in [5.41, 5.74) is 0.0228. The molecule has 2 rings (SSSR count). The maximum atomic E-state index is 12.6. The van der Waals surface area contributed by atoms with Crippen LogP contribution < -0.4 is 5.32 Å². The first-order valence-electron chi connectivity index (χ1n) is 7.19. The number of carbonyl (C=O) groups is 1. The highest BCUT2D eigenvalue weighted by atomic mass is 16.5. The Hall–Kier alpha value is -0.610. The Morgan fingerprint density at radius 1 is 1.44 bits per heavy atom. The minimum atomic E-state index is 0.00826. The van der Waals surface area contributed by atoms with Gasteiger partial charge in [0.1, 0.15) is 0 Å². The molecule has 0 radical (unpaired) electrons. The molecule has 2 saturated heterocycles. The number of carbonyl (C=O) groups excluding carboxylic acids is 1. The molecule has 0 saturated carbocycles. The van der Waals surface area contributed by atoms with Crippen LogP contribution in [0.25, 0.3) is 0 Å². The highest BCUT2D eigenvalue weighted by molar-refractivity contribution is 5.81. The zero-order valence-corrected chi connectivity index (χ0v) is 11.9. The van der Waals surface area contributed by atoms with Crippen molar-refractivity contribution < 1.29 is 9.53 Å². The van der Waals surface area contributed by atoms with Crippen LogP contribution in [0, 0.1) is 5.92 Å². The lowest BCUT2D eigenvalue weighted by Crippen LogP contribution is -2.50. The molecule has 0 aromatic heterocycles. The van der Waals surface area contributed by atoms with E-state index in [9.17, 15) is 4.79 Å². The number of likely N-dealkylation sites (tertiary alicyclic amines) is 1. The molecule has 18 heavy (non-hydrogen) atoms. The van der Waals surface area contributed by atoms with E-state index in [0.29, 0.717) is 13.2 Å². The van der Waals surface area contributed by atoms with E-state index in [2.05, 4.69) is 31.0 Å². The SMILES string of the molecule is CCCNC1COCC1C(=O)N1CCCC1(C)C. The van der Waals surface area contributed by atoms with Crippen molar-refractivity contribution in [1.82, 2.24) is 10.2 Å². The Labute approximate surface area is 110 Å². The van der Waals surface area contributed by atoms with Gasteiger partial charge in [0, 0.05) is 18.1 Å². The Kier molecular flexibility index (Phi) is 4.28. The average molecular weight is 254 g/mol. The molecule has 1 amide bonds. The van der Waals surface area contributed by atoms with Crippen LogP contribution in [-0.2, 0) is 9.53 Å². The van der Waals surface area contributed by atoms with Gasteiger partial charge in [-0.25, -0.2) is 0 Å². The van der Waals surface area contributed by atoms with Crippen molar-refractivity contribution in [2.24, 2.45) is 5.92 Å². The molecule has 104 valence electrons. The number of nitrogens with zero attached hydrogens (tertiary/aromatic N) is 1. The first kappa shape index (κ1) is 13.8. The van der Waals surface area contributed by atoms with Crippen LogP contribution in [-0.4, -0.2) is 48.7 Å². The molecule has 2 aliphatic rings. The van der Waals surface area contributed by atoms with E-state index in [0.717, 1.165) is 32.4 Å². The van der Waals surface area contributed by atoms with Crippen molar-refractivity contribution in [3.8, 4) is 0 Å². The van der Waals surface area contributed by atoms with E-state index in [1.807, 2.05) is 0 Å². The van der Waals surface area contributed by atoms with Gasteiger partial charge in [0.25, 0.3) is 0 Å². The summed E-state index contributed by atoms with van der Waals surface area (Å²) < 4.78 is 5.51. The van der Waals surface area contributed by atoms with E-state index in [1.165, 1.54) is 0 Å². The van der Waals surface area contributed by atoms with Gasteiger partial charge in [-0.2, -0.15) is 0 Å². The van der Waals surface area contributed by atoms with Crippen LogP contribution in [0.2, 0.25) is 0 Å². The van der Waals surface area contributed by atoms with Crippen LogP contribution in [0.3, 0.4) is 0 Å². The Bertz CT molecular complexity index is 304. The minimum Gasteiger partial charge on any atom is -0.379 e. The van der Waals surface area contributed by atoms with Crippen LogP contribution in [0.5, 0.6) is 0 Å². The van der Waals surface area contributed by atoms with Crippen LogP contribution in [0.1, 0.15) is 40.0 Å². The summed E-state index contributed by atoms with van der Waals surface area (Å²) in [6, 6.07) is 0.203. The predicted octanol–water partition coefficient (Wildman–Crippen LogP) is 1.40. The van der Waals surface area contributed by atoms with Gasteiger partial charge in [0.05, 0.1) is 19.1 Å². The number of hydrogen-bond acceptors (Lipinski definition) is 3. The fourth-order valence-corrected chi connectivity index (χ4v) is 3.04. The molecule has 4 heteroatoms. The minimum absolute atomic E-state index is 0.00826. The van der Waals surface area contributed by atoms with Crippen molar-refractivity contribution in [1.29, 1.82) is 0 Å². The van der Waals surface area contributed by atoms with Gasteiger partial charge in [-0.15, -0.1) is 0 Å². The van der Waals surface area contributed by atoms with E-state index in [4.69, 9.17) is 4.74 Å². The zero-order chi connectivity index (χ0) is 13.2. The first-order chi connectivity index (χ1) is 8.56. The molecule has 2 atom stereocenters. The molecule has 2 aliphatic heterocycles. The smallest absolute Gasteiger partial charge is 0.230 e. The Morgan fingerprint density at radius 2 is 2.22 bits per heavy atom. The lowest BCUT2D eigenvalue weighted by atomic mass is 9.97.